The number of hydrogen-bond donors (Lipinski definition) is 1. The molecule has 1 fully saturated rings. The second kappa shape index (κ2) is 8.39. The predicted octanol–water partition coefficient (Wildman–Crippen LogP) is 3.08. The normalized spacial score (nSPS) is 14.9. The fraction of sp³-hybridized carbons (Fsp3) is 0.381. The summed E-state index contributed by atoms with van der Waals surface area (Å²) in [5.41, 5.74) is 3.70. The summed E-state index contributed by atoms with van der Waals surface area (Å²) in [6.07, 6.45) is 0.111. The summed E-state index contributed by atoms with van der Waals surface area (Å²) in [5, 5.41) is 2.90. The Morgan fingerprint density at radius 3 is 2.52 bits per heavy atom. The molecular weight excluding hydrogens is 345 g/mol. The number of benzene rings is 2. The number of carbonyl (C=O) groups is 1. The van der Waals surface area contributed by atoms with E-state index in [0.717, 1.165) is 37.4 Å². The number of methoxy groups -OCH3 is 1. The zero-order valence-electron chi connectivity index (χ0n) is 16.1. The highest BCUT2D eigenvalue weighted by molar-refractivity contribution is 5.92. The third kappa shape index (κ3) is 4.77. The number of ether oxygens (including phenoxy) is 1. The van der Waals surface area contributed by atoms with Crippen LogP contribution in [0.25, 0.3) is 0 Å². The second-order valence-electron chi connectivity index (χ2n) is 6.99. The van der Waals surface area contributed by atoms with Gasteiger partial charge in [0.2, 0.25) is 5.91 Å². The van der Waals surface area contributed by atoms with E-state index in [2.05, 4.69) is 35.2 Å². The summed E-state index contributed by atoms with van der Waals surface area (Å²) in [4.78, 5) is 17.0. The topological polar surface area (TPSA) is 44.8 Å². The van der Waals surface area contributed by atoms with Crippen LogP contribution < -0.4 is 15.0 Å². The fourth-order valence-corrected chi connectivity index (χ4v) is 3.35. The molecule has 3 rings (SSSR count). The number of carbonyl (C=O) groups excluding carboxylic acids is 1. The second-order valence-corrected chi connectivity index (χ2v) is 6.99. The Hall–Kier alpha value is -2.60. The molecule has 0 spiro atoms. The maximum absolute atomic E-state index is 13.8. The number of hydrogen-bond acceptors (Lipinski definition) is 4. The van der Waals surface area contributed by atoms with Gasteiger partial charge in [-0.3, -0.25) is 4.79 Å². The van der Waals surface area contributed by atoms with Crippen molar-refractivity contribution >= 4 is 17.3 Å². The van der Waals surface area contributed by atoms with Crippen LogP contribution in [0.5, 0.6) is 5.75 Å². The lowest BCUT2D eigenvalue weighted by Crippen LogP contribution is -2.44. The summed E-state index contributed by atoms with van der Waals surface area (Å²) in [7, 11) is 3.55. The zero-order valence-corrected chi connectivity index (χ0v) is 16.1. The molecule has 0 atom stereocenters. The Balaban J connectivity index is 1.62. The molecule has 0 saturated carbocycles. The van der Waals surface area contributed by atoms with E-state index < -0.39 is 5.82 Å². The molecule has 0 aromatic heterocycles. The molecule has 27 heavy (non-hydrogen) atoms. The largest absolute Gasteiger partial charge is 0.494 e. The van der Waals surface area contributed by atoms with Crippen LogP contribution >= 0.6 is 0 Å². The molecule has 2 aromatic carbocycles. The van der Waals surface area contributed by atoms with Gasteiger partial charge in [0.15, 0.2) is 11.6 Å². The molecule has 1 aliphatic rings. The Bertz CT molecular complexity index is 817. The Labute approximate surface area is 159 Å². The summed E-state index contributed by atoms with van der Waals surface area (Å²) < 4.78 is 18.7. The number of amides is 1. The average Bonchev–Trinajstić information content (AvgIpc) is 2.63. The quantitative estimate of drug-likeness (QED) is 0.877. The van der Waals surface area contributed by atoms with Gasteiger partial charge in [-0.2, -0.15) is 0 Å². The summed E-state index contributed by atoms with van der Waals surface area (Å²) in [6.45, 7) is 6.17. The third-order valence-electron chi connectivity index (χ3n) is 4.91. The van der Waals surface area contributed by atoms with Crippen molar-refractivity contribution in [2.75, 3.05) is 50.6 Å². The number of rotatable bonds is 5. The minimum atomic E-state index is -0.463. The molecular formula is C21H26FN3O2. The number of nitrogens with zero attached hydrogens (tertiary/aromatic N) is 2. The van der Waals surface area contributed by atoms with E-state index >= 15 is 0 Å². The SMILES string of the molecule is COc1ccc(CC(=O)Nc2ccc(N3CCN(C)CC3)c(C)c2)cc1F. The van der Waals surface area contributed by atoms with E-state index in [1.807, 2.05) is 12.1 Å². The lowest BCUT2D eigenvalue weighted by atomic mass is 10.1. The maximum atomic E-state index is 13.8. The van der Waals surface area contributed by atoms with Crippen molar-refractivity contribution in [2.24, 2.45) is 0 Å². The minimum absolute atomic E-state index is 0.111. The lowest BCUT2D eigenvalue weighted by molar-refractivity contribution is -0.115. The number of halogens is 1. The van der Waals surface area contributed by atoms with Crippen molar-refractivity contribution < 1.29 is 13.9 Å². The van der Waals surface area contributed by atoms with Crippen LogP contribution in [0.3, 0.4) is 0 Å². The van der Waals surface area contributed by atoms with Crippen LogP contribution in [-0.2, 0) is 11.2 Å². The van der Waals surface area contributed by atoms with Crippen molar-refractivity contribution in [3.8, 4) is 5.75 Å². The molecule has 1 amide bonds. The smallest absolute Gasteiger partial charge is 0.228 e. The third-order valence-corrected chi connectivity index (χ3v) is 4.91. The zero-order chi connectivity index (χ0) is 19.4. The Morgan fingerprint density at radius 1 is 1.15 bits per heavy atom. The van der Waals surface area contributed by atoms with Gasteiger partial charge in [-0.1, -0.05) is 6.07 Å². The van der Waals surface area contributed by atoms with E-state index in [4.69, 9.17) is 4.74 Å². The molecule has 1 heterocycles. The van der Waals surface area contributed by atoms with Crippen molar-refractivity contribution in [1.29, 1.82) is 0 Å². The van der Waals surface area contributed by atoms with E-state index in [1.165, 1.54) is 24.9 Å². The monoisotopic (exact) mass is 371 g/mol. The minimum Gasteiger partial charge on any atom is -0.494 e. The molecule has 144 valence electrons. The highest BCUT2D eigenvalue weighted by atomic mass is 19.1. The van der Waals surface area contributed by atoms with Gasteiger partial charge in [-0.15, -0.1) is 0 Å². The average molecular weight is 371 g/mol. The molecule has 1 N–H and O–H groups in total. The lowest BCUT2D eigenvalue weighted by Gasteiger charge is -2.35. The van der Waals surface area contributed by atoms with Crippen LogP contribution in [0.4, 0.5) is 15.8 Å². The van der Waals surface area contributed by atoms with Gasteiger partial charge < -0.3 is 19.9 Å². The molecule has 6 heteroatoms. The predicted molar refractivity (Wildman–Crippen MR) is 106 cm³/mol. The molecule has 0 bridgehead atoms. The summed E-state index contributed by atoms with van der Waals surface area (Å²) in [6, 6.07) is 10.5. The van der Waals surface area contributed by atoms with Gasteiger partial charge in [0, 0.05) is 37.6 Å². The molecule has 1 aliphatic heterocycles. The van der Waals surface area contributed by atoms with Crippen molar-refractivity contribution in [3.05, 3.63) is 53.3 Å². The molecule has 0 unspecified atom stereocenters. The first-order valence-electron chi connectivity index (χ1n) is 9.12. The van der Waals surface area contributed by atoms with E-state index in [0.29, 0.717) is 5.56 Å². The summed E-state index contributed by atoms with van der Waals surface area (Å²) in [5.74, 6) is -0.462. The van der Waals surface area contributed by atoms with Crippen LogP contribution in [-0.4, -0.2) is 51.1 Å². The first-order chi connectivity index (χ1) is 13.0. The van der Waals surface area contributed by atoms with E-state index in [1.54, 1.807) is 6.07 Å². The molecule has 0 aliphatic carbocycles. The van der Waals surface area contributed by atoms with Crippen LogP contribution in [0.15, 0.2) is 36.4 Å². The van der Waals surface area contributed by atoms with Gasteiger partial charge in [0.1, 0.15) is 0 Å². The molecule has 5 nitrogen and oxygen atoms in total. The van der Waals surface area contributed by atoms with E-state index in [-0.39, 0.29) is 18.1 Å². The van der Waals surface area contributed by atoms with E-state index in [9.17, 15) is 9.18 Å². The Morgan fingerprint density at radius 2 is 1.89 bits per heavy atom. The van der Waals surface area contributed by atoms with Crippen molar-refractivity contribution in [1.82, 2.24) is 4.90 Å². The molecule has 1 saturated heterocycles. The van der Waals surface area contributed by atoms with Crippen LogP contribution in [0.2, 0.25) is 0 Å². The van der Waals surface area contributed by atoms with Gasteiger partial charge in [-0.25, -0.2) is 4.39 Å². The Kier molecular flexibility index (Phi) is 5.96. The fourth-order valence-electron chi connectivity index (χ4n) is 3.35. The highest BCUT2D eigenvalue weighted by Crippen LogP contribution is 2.25. The van der Waals surface area contributed by atoms with Gasteiger partial charge in [0.05, 0.1) is 13.5 Å². The van der Waals surface area contributed by atoms with Gasteiger partial charge in [-0.05, 0) is 55.4 Å². The number of anilines is 2. The summed E-state index contributed by atoms with van der Waals surface area (Å²) >= 11 is 0. The number of nitrogens with one attached hydrogen (secondary N) is 1. The number of likely N-dealkylation sites (N-methyl/N-ethyl adjacent to an activating group) is 1. The first-order valence-corrected chi connectivity index (χ1v) is 9.12. The number of aryl methyl sites for hydroxylation is 1. The van der Waals surface area contributed by atoms with Crippen LogP contribution in [0.1, 0.15) is 11.1 Å². The van der Waals surface area contributed by atoms with Crippen molar-refractivity contribution in [2.45, 2.75) is 13.3 Å². The van der Waals surface area contributed by atoms with Gasteiger partial charge >= 0.3 is 0 Å². The maximum Gasteiger partial charge on any atom is 0.228 e. The molecule has 2 aromatic rings. The number of piperazine rings is 1. The first kappa shape index (κ1) is 19.2. The van der Waals surface area contributed by atoms with Crippen LogP contribution in [0, 0.1) is 12.7 Å². The highest BCUT2D eigenvalue weighted by Gasteiger charge is 2.16. The van der Waals surface area contributed by atoms with Gasteiger partial charge in [0.25, 0.3) is 0 Å². The standard InChI is InChI=1S/C21H26FN3O2/c1-15-12-17(5-6-19(15)25-10-8-24(2)9-11-25)23-21(26)14-16-4-7-20(27-3)18(22)13-16/h4-7,12-13H,8-11,14H2,1-3H3,(H,23,26). The molecule has 0 radical (unpaired) electrons. The van der Waals surface area contributed by atoms with Crippen molar-refractivity contribution in [3.63, 3.8) is 0 Å².